The Hall–Kier alpha value is -3.19. The van der Waals surface area contributed by atoms with Gasteiger partial charge in [-0.05, 0) is 30.2 Å². The fourth-order valence-corrected chi connectivity index (χ4v) is 3.05. The Kier molecular flexibility index (Phi) is 10.3. The van der Waals surface area contributed by atoms with Gasteiger partial charge in [-0.1, -0.05) is 30.3 Å². The third-order valence-electron chi connectivity index (χ3n) is 3.95. The first-order chi connectivity index (χ1) is 15.2. The molecule has 0 radical (unpaired) electrons. The lowest BCUT2D eigenvalue weighted by molar-refractivity contribution is -0.192. The summed E-state index contributed by atoms with van der Waals surface area (Å²) in [5.74, 6) is -3.84. The maximum atomic E-state index is 13.8. The van der Waals surface area contributed by atoms with Gasteiger partial charge in [0.25, 0.3) is 5.91 Å². The van der Waals surface area contributed by atoms with Crippen molar-refractivity contribution in [3.8, 4) is 0 Å². The van der Waals surface area contributed by atoms with Crippen molar-refractivity contribution < 1.29 is 40.7 Å². The van der Waals surface area contributed by atoms with Crippen LogP contribution < -0.4 is 10.5 Å². The van der Waals surface area contributed by atoms with Crippen molar-refractivity contribution in [2.75, 3.05) is 30.6 Å². The molecule has 1 amide bonds. The van der Waals surface area contributed by atoms with E-state index in [0.29, 0.717) is 19.5 Å². The lowest BCUT2D eigenvalue weighted by Crippen LogP contribution is -2.37. The van der Waals surface area contributed by atoms with Crippen LogP contribution in [0.5, 0.6) is 0 Å². The van der Waals surface area contributed by atoms with E-state index in [9.17, 15) is 30.8 Å². The highest BCUT2D eigenvalue weighted by Crippen LogP contribution is 2.19. The topological polar surface area (TPSA) is 130 Å². The normalized spacial score (nSPS) is 11.2. The zero-order valence-corrected chi connectivity index (χ0v) is 18.3. The third kappa shape index (κ3) is 10.3. The minimum Gasteiger partial charge on any atom is -0.475 e. The zero-order chi connectivity index (χ0) is 25.2. The molecule has 13 heteroatoms. The van der Waals surface area contributed by atoms with Crippen LogP contribution in [0.15, 0.2) is 48.5 Å². The summed E-state index contributed by atoms with van der Waals surface area (Å²) in [6.45, 7) is 1.08. The lowest BCUT2D eigenvalue weighted by Gasteiger charge is -2.22. The Morgan fingerprint density at radius 2 is 1.67 bits per heavy atom. The molecule has 2 rings (SSSR count). The summed E-state index contributed by atoms with van der Waals surface area (Å²) in [6, 6.07) is 13.3. The quantitative estimate of drug-likeness (QED) is 0.485. The molecule has 0 unspecified atom stereocenters. The van der Waals surface area contributed by atoms with Gasteiger partial charge in [0.1, 0.15) is 5.82 Å². The molecule has 2 aromatic carbocycles. The van der Waals surface area contributed by atoms with Crippen LogP contribution in [0.2, 0.25) is 0 Å². The van der Waals surface area contributed by atoms with Gasteiger partial charge in [0.2, 0.25) is 10.0 Å². The van der Waals surface area contributed by atoms with Crippen molar-refractivity contribution >= 4 is 27.6 Å². The summed E-state index contributed by atoms with van der Waals surface area (Å²) in [4.78, 5) is 23.2. The smallest absolute Gasteiger partial charge is 0.475 e. The van der Waals surface area contributed by atoms with Crippen molar-refractivity contribution in [2.45, 2.75) is 12.6 Å². The van der Waals surface area contributed by atoms with Gasteiger partial charge in [-0.2, -0.15) is 13.2 Å². The summed E-state index contributed by atoms with van der Waals surface area (Å²) < 4.78 is 70.3. The van der Waals surface area contributed by atoms with Gasteiger partial charge >= 0.3 is 12.1 Å². The van der Waals surface area contributed by atoms with Crippen molar-refractivity contribution in [1.29, 1.82) is 0 Å². The molecule has 0 heterocycles. The number of carbonyl (C=O) groups excluding carboxylic acids is 1. The van der Waals surface area contributed by atoms with Gasteiger partial charge in [0, 0.05) is 25.2 Å². The summed E-state index contributed by atoms with van der Waals surface area (Å²) >= 11 is 0. The van der Waals surface area contributed by atoms with Crippen LogP contribution >= 0.6 is 0 Å². The highest BCUT2D eigenvalue weighted by Gasteiger charge is 2.38. The second kappa shape index (κ2) is 12.2. The SMILES string of the molecule is CS(=O)(=O)Nc1cc(C(=O)N(CCN)CCc2ccccc2)ccc1F.O=C(O)C(F)(F)F. The molecule has 2 aromatic rings. The number of nitrogens with zero attached hydrogens (tertiary/aromatic N) is 1. The highest BCUT2D eigenvalue weighted by atomic mass is 32.2. The Morgan fingerprint density at radius 3 is 2.15 bits per heavy atom. The molecule has 0 bridgehead atoms. The summed E-state index contributed by atoms with van der Waals surface area (Å²) in [5.41, 5.74) is 6.63. The number of carboxylic acids is 1. The first kappa shape index (κ1) is 27.8. The molecule has 0 aliphatic heterocycles. The first-order valence-electron chi connectivity index (χ1n) is 9.35. The Labute approximate surface area is 188 Å². The molecule has 182 valence electrons. The van der Waals surface area contributed by atoms with E-state index in [4.69, 9.17) is 15.6 Å². The number of hydrogen-bond donors (Lipinski definition) is 3. The Balaban J connectivity index is 0.000000675. The van der Waals surface area contributed by atoms with Crippen LogP contribution in [0.1, 0.15) is 15.9 Å². The maximum Gasteiger partial charge on any atom is 0.490 e. The molecular formula is C20H23F4N3O5S. The lowest BCUT2D eigenvalue weighted by atomic mass is 10.1. The summed E-state index contributed by atoms with van der Waals surface area (Å²) in [7, 11) is -3.65. The predicted molar refractivity (Wildman–Crippen MR) is 114 cm³/mol. The van der Waals surface area contributed by atoms with Crippen LogP contribution in [0.3, 0.4) is 0 Å². The fourth-order valence-electron chi connectivity index (χ4n) is 2.50. The van der Waals surface area contributed by atoms with E-state index in [1.165, 1.54) is 12.1 Å². The number of sulfonamides is 1. The van der Waals surface area contributed by atoms with Crippen LogP contribution in [0.4, 0.5) is 23.2 Å². The molecule has 0 aliphatic rings. The van der Waals surface area contributed by atoms with E-state index in [1.807, 2.05) is 30.3 Å². The second-order valence-corrected chi connectivity index (χ2v) is 8.44. The molecule has 0 spiro atoms. The molecule has 0 saturated carbocycles. The number of anilines is 1. The molecule has 8 nitrogen and oxygen atoms in total. The first-order valence-corrected chi connectivity index (χ1v) is 11.2. The number of hydrogen-bond acceptors (Lipinski definition) is 5. The number of nitrogens with two attached hydrogens (primary N) is 1. The van der Waals surface area contributed by atoms with Gasteiger partial charge in [-0.25, -0.2) is 17.6 Å². The average Bonchev–Trinajstić information content (AvgIpc) is 2.72. The fraction of sp³-hybridized carbons (Fsp3) is 0.300. The van der Waals surface area contributed by atoms with Crippen LogP contribution in [-0.2, 0) is 21.2 Å². The number of alkyl halides is 3. The second-order valence-electron chi connectivity index (χ2n) is 6.69. The number of aliphatic carboxylic acids is 1. The number of benzene rings is 2. The van der Waals surface area contributed by atoms with Gasteiger partial charge in [-0.3, -0.25) is 9.52 Å². The molecule has 4 N–H and O–H groups in total. The van der Waals surface area contributed by atoms with Crippen LogP contribution in [-0.4, -0.2) is 62.4 Å². The van der Waals surface area contributed by atoms with Gasteiger partial charge < -0.3 is 15.7 Å². The standard InChI is InChI=1S/C18H22FN3O3S.C2HF3O2/c1-26(24,25)21-17-13-15(7-8-16(17)19)18(23)22(12-10-20)11-9-14-5-3-2-4-6-14;3-2(4,5)1(6)7/h2-8,13,21H,9-12,20H2,1H3;(H,6,7). The van der Waals surface area contributed by atoms with Gasteiger partial charge in [0.05, 0.1) is 11.9 Å². The number of halogens is 4. The van der Waals surface area contributed by atoms with E-state index in [-0.39, 0.29) is 23.7 Å². The van der Waals surface area contributed by atoms with E-state index in [0.717, 1.165) is 17.9 Å². The summed E-state index contributed by atoms with van der Waals surface area (Å²) in [6.07, 6.45) is -3.51. The molecular weight excluding hydrogens is 470 g/mol. The minimum atomic E-state index is -5.08. The Bertz CT molecular complexity index is 1050. The summed E-state index contributed by atoms with van der Waals surface area (Å²) in [5, 5.41) is 7.12. The molecule has 0 atom stereocenters. The molecule has 0 aromatic heterocycles. The van der Waals surface area contributed by atoms with Crippen molar-refractivity contribution in [1.82, 2.24) is 4.90 Å². The van der Waals surface area contributed by atoms with Crippen molar-refractivity contribution in [3.05, 3.63) is 65.5 Å². The average molecular weight is 493 g/mol. The molecule has 0 saturated heterocycles. The van der Waals surface area contributed by atoms with Gasteiger partial charge in [0.15, 0.2) is 0 Å². The zero-order valence-electron chi connectivity index (χ0n) is 17.5. The van der Waals surface area contributed by atoms with Crippen LogP contribution in [0.25, 0.3) is 0 Å². The largest absolute Gasteiger partial charge is 0.490 e. The van der Waals surface area contributed by atoms with Crippen molar-refractivity contribution in [3.63, 3.8) is 0 Å². The Morgan fingerprint density at radius 1 is 1.09 bits per heavy atom. The van der Waals surface area contributed by atoms with E-state index in [2.05, 4.69) is 4.72 Å². The van der Waals surface area contributed by atoms with Crippen LogP contribution in [0, 0.1) is 5.82 Å². The number of nitrogens with one attached hydrogen (secondary N) is 1. The molecule has 0 aliphatic carbocycles. The maximum absolute atomic E-state index is 13.8. The predicted octanol–water partition coefficient (Wildman–Crippen LogP) is 2.47. The number of rotatable bonds is 8. The number of carbonyl (C=O) groups is 2. The highest BCUT2D eigenvalue weighted by molar-refractivity contribution is 7.92. The molecule has 0 fully saturated rings. The number of carboxylic acid groups (broad SMARTS) is 1. The van der Waals surface area contributed by atoms with E-state index in [1.54, 1.807) is 4.90 Å². The van der Waals surface area contributed by atoms with Crippen molar-refractivity contribution in [2.24, 2.45) is 5.73 Å². The third-order valence-corrected chi connectivity index (χ3v) is 4.54. The number of amides is 1. The van der Waals surface area contributed by atoms with E-state index < -0.39 is 28.0 Å². The monoisotopic (exact) mass is 493 g/mol. The minimum absolute atomic E-state index is 0.194. The van der Waals surface area contributed by atoms with E-state index >= 15 is 0 Å². The molecule has 33 heavy (non-hydrogen) atoms. The van der Waals surface area contributed by atoms with Gasteiger partial charge in [-0.15, -0.1) is 0 Å².